The number of nitrogens with one attached hydrogen (secondary N) is 2. The number of carbonyl (C=O) groups excluding carboxylic acids is 1. The molecule has 2 aromatic heterocycles. The Morgan fingerprint density at radius 3 is 2.86 bits per heavy atom. The Kier molecular flexibility index (Phi) is 4.97. The van der Waals surface area contributed by atoms with Crippen LogP contribution in [0, 0.1) is 6.92 Å². The molecule has 2 rings (SSSR count). The average molecular weight is 326 g/mol. The molecule has 1 amide bonds. The molecule has 0 radical (unpaired) electrons. The Balaban J connectivity index is 1.97. The number of aromatic amines is 1. The third-order valence-electron chi connectivity index (χ3n) is 2.53. The predicted molar refractivity (Wildman–Crippen MR) is 82.1 cm³/mol. The zero-order valence-corrected chi connectivity index (χ0v) is 13.1. The van der Waals surface area contributed by atoms with E-state index in [1.54, 1.807) is 6.92 Å². The van der Waals surface area contributed by atoms with Gasteiger partial charge in [-0.2, -0.15) is 4.98 Å². The van der Waals surface area contributed by atoms with Gasteiger partial charge in [-0.15, -0.1) is 11.3 Å². The lowest BCUT2D eigenvalue weighted by atomic mass is 10.2. The normalized spacial score (nSPS) is 10.6. The first kappa shape index (κ1) is 15.5. The molecule has 0 aromatic carbocycles. The van der Waals surface area contributed by atoms with Crippen LogP contribution in [0.4, 0.5) is 5.13 Å². The van der Waals surface area contributed by atoms with Gasteiger partial charge < -0.3 is 15.4 Å². The SMILES string of the molecule is CCc1c(O)nc(SCC(=O)Nc2nc(C)cs2)[nH]c1=O. The molecule has 21 heavy (non-hydrogen) atoms. The Labute approximate surface area is 128 Å². The number of amides is 1. The van der Waals surface area contributed by atoms with Crippen LogP contribution >= 0.6 is 23.1 Å². The minimum atomic E-state index is -0.386. The van der Waals surface area contributed by atoms with Gasteiger partial charge in [-0.25, -0.2) is 4.98 Å². The molecule has 0 aliphatic rings. The molecule has 112 valence electrons. The molecule has 0 saturated carbocycles. The van der Waals surface area contributed by atoms with Crippen molar-refractivity contribution in [1.29, 1.82) is 0 Å². The molecule has 0 atom stereocenters. The molecule has 2 heterocycles. The van der Waals surface area contributed by atoms with Crippen molar-refractivity contribution >= 4 is 34.1 Å². The maximum atomic E-state index is 11.7. The van der Waals surface area contributed by atoms with Crippen LogP contribution in [0.2, 0.25) is 0 Å². The molecule has 3 N–H and O–H groups in total. The van der Waals surface area contributed by atoms with Crippen molar-refractivity contribution in [3.63, 3.8) is 0 Å². The monoisotopic (exact) mass is 326 g/mol. The van der Waals surface area contributed by atoms with E-state index >= 15 is 0 Å². The Bertz CT molecular complexity index is 711. The molecule has 2 aromatic rings. The van der Waals surface area contributed by atoms with Gasteiger partial charge in [-0.3, -0.25) is 9.59 Å². The van der Waals surface area contributed by atoms with E-state index in [1.165, 1.54) is 11.3 Å². The topological polar surface area (TPSA) is 108 Å². The first-order chi connectivity index (χ1) is 9.99. The first-order valence-corrected chi connectivity index (χ1v) is 8.03. The number of hydrogen-bond acceptors (Lipinski definition) is 7. The third kappa shape index (κ3) is 4.05. The van der Waals surface area contributed by atoms with E-state index in [-0.39, 0.29) is 33.8 Å². The highest BCUT2D eigenvalue weighted by atomic mass is 32.2. The van der Waals surface area contributed by atoms with Crippen LogP contribution in [0.25, 0.3) is 0 Å². The maximum absolute atomic E-state index is 11.7. The van der Waals surface area contributed by atoms with Crippen LogP contribution in [0.5, 0.6) is 5.88 Å². The summed E-state index contributed by atoms with van der Waals surface area (Å²) in [4.78, 5) is 33.9. The van der Waals surface area contributed by atoms with Crippen molar-refractivity contribution in [2.24, 2.45) is 0 Å². The van der Waals surface area contributed by atoms with E-state index < -0.39 is 0 Å². The van der Waals surface area contributed by atoms with E-state index in [9.17, 15) is 14.7 Å². The van der Waals surface area contributed by atoms with E-state index in [1.807, 2.05) is 12.3 Å². The van der Waals surface area contributed by atoms with Crippen molar-refractivity contribution in [1.82, 2.24) is 15.0 Å². The van der Waals surface area contributed by atoms with Crippen LogP contribution < -0.4 is 10.9 Å². The van der Waals surface area contributed by atoms with E-state index in [4.69, 9.17) is 0 Å². The largest absolute Gasteiger partial charge is 0.493 e. The van der Waals surface area contributed by atoms with Gasteiger partial charge in [-0.1, -0.05) is 18.7 Å². The summed E-state index contributed by atoms with van der Waals surface area (Å²) < 4.78 is 0. The fourth-order valence-corrected chi connectivity index (χ4v) is 2.91. The molecule has 7 nitrogen and oxygen atoms in total. The number of H-pyrrole nitrogens is 1. The summed E-state index contributed by atoms with van der Waals surface area (Å²) in [6.45, 7) is 3.59. The van der Waals surface area contributed by atoms with Gasteiger partial charge in [0.05, 0.1) is 17.0 Å². The Hall–Kier alpha value is -1.87. The van der Waals surface area contributed by atoms with Gasteiger partial charge in [0.15, 0.2) is 10.3 Å². The van der Waals surface area contributed by atoms with Gasteiger partial charge in [0.25, 0.3) is 5.56 Å². The summed E-state index contributed by atoms with van der Waals surface area (Å²) in [5.41, 5.74) is 0.694. The number of carbonyl (C=O) groups is 1. The molecular weight excluding hydrogens is 312 g/mol. The van der Waals surface area contributed by atoms with Gasteiger partial charge in [-0.05, 0) is 13.3 Å². The third-order valence-corrected chi connectivity index (χ3v) is 4.28. The molecular formula is C12H14N4O3S2. The minimum absolute atomic E-state index is 0.0620. The second kappa shape index (κ2) is 6.72. The predicted octanol–water partition coefficient (Wildman–Crippen LogP) is 1.53. The summed E-state index contributed by atoms with van der Waals surface area (Å²) in [5, 5.41) is 14.8. The van der Waals surface area contributed by atoms with Gasteiger partial charge in [0, 0.05) is 5.38 Å². The number of aromatic nitrogens is 3. The van der Waals surface area contributed by atoms with Crippen molar-refractivity contribution in [3.8, 4) is 5.88 Å². The second-order valence-electron chi connectivity index (χ2n) is 4.16. The number of nitrogens with zero attached hydrogens (tertiary/aromatic N) is 2. The molecule has 0 fully saturated rings. The quantitative estimate of drug-likeness (QED) is 0.568. The summed E-state index contributed by atoms with van der Waals surface area (Å²) in [6.07, 6.45) is 0.392. The second-order valence-corrected chi connectivity index (χ2v) is 5.98. The van der Waals surface area contributed by atoms with Crippen LogP contribution in [-0.2, 0) is 11.2 Å². The number of rotatable bonds is 5. The number of aryl methyl sites for hydroxylation is 1. The molecule has 0 saturated heterocycles. The average Bonchev–Trinajstić information content (AvgIpc) is 2.81. The number of aromatic hydroxyl groups is 1. The van der Waals surface area contributed by atoms with E-state index in [0.717, 1.165) is 17.5 Å². The maximum Gasteiger partial charge on any atom is 0.258 e. The van der Waals surface area contributed by atoms with Crippen LogP contribution in [0.15, 0.2) is 15.3 Å². The van der Waals surface area contributed by atoms with Crippen molar-refractivity contribution < 1.29 is 9.90 Å². The zero-order chi connectivity index (χ0) is 15.4. The summed E-state index contributed by atoms with van der Waals surface area (Å²) in [7, 11) is 0. The summed E-state index contributed by atoms with van der Waals surface area (Å²) in [6, 6.07) is 0. The highest BCUT2D eigenvalue weighted by Crippen LogP contribution is 2.18. The van der Waals surface area contributed by atoms with E-state index in [0.29, 0.717) is 11.6 Å². The van der Waals surface area contributed by atoms with Gasteiger partial charge in [0.2, 0.25) is 11.8 Å². The number of hydrogen-bond donors (Lipinski definition) is 3. The lowest BCUT2D eigenvalue weighted by molar-refractivity contribution is -0.113. The molecule has 0 aliphatic heterocycles. The zero-order valence-electron chi connectivity index (χ0n) is 11.5. The molecule has 0 bridgehead atoms. The standard InChI is InChI=1S/C12H14N4O3S2/c1-3-7-9(18)15-12(16-10(7)19)21-5-8(17)14-11-13-6(2)4-20-11/h4H,3,5H2,1-2H3,(H,13,14,17)(H2,15,16,18,19). The minimum Gasteiger partial charge on any atom is -0.493 e. The number of anilines is 1. The lowest BCUT2D eigenvalue weighted by Crippen LogP contribution is -2.17. The van der Waals surface area contributed by atoms with Crippen molar-refractivity contribution in [2.75, 3.05) is 11.1 Å². The number of thioether (sulfide) groups is 1. The lowest BCUT2D eigenvalue weighted by Gasteiger charge is -2.04. The van der Waals surface area contributed by atoms with Gasteiger partial charge in [0.1, 0.15) is 0 Å². The molecule has 0 spiro atoms. The fraction of sp³-hybridized carbons (Fsp3) is 0.333. The smallest absolute Gasteiger partial charge is 0.258 e. The summed E-state index contributed by atoms with van der Waals surface area (Å²) in [5.74, 6) is -0.484. The van der Waals surface area contributed by atoms with Crippen molar-refractivity contribution in [3.05, 3.63) is 27.0 Å². The highest BCUT2D eigenvalue weighted by molar-refractivity contribution is 7.99. The van der Waals surface area contributed by atoms with Crippen molar-refractivity contribution in [2.45, 2.75) is 25.4 Å². The highest BCUT2D eigenvalue weighted by Gasteiger charge is 2.11. The Morgan fingerprint density at radius 1 is 1.52 bits per heavy atom. The summed E-state index contributed by atoms with van der Waals surface area (Å²) >= 11 is 2.38. The molecule has 9 heteroatoms. The van der Waals surface area contributed by atoms with Crippen LogP contribution in [-0.4, -0.2) is 31.7 Å². The first-order valence-electron chi connectivity index (χ1n) is 6.16. The fourth-order valence-electron chi connectivity index (χ4n) is 1.55. The number of thiazole rings is 1. The van der Waals surface area contributed by atoms with E-state index in [2.05, 4.69) is 20.3 Å². The molecule has 0 unspecified atom stereocenters. The Morgan fingerprint density at radius 2 is 2.29 bits per heavy atom. The van der Waals surface area contributed by atoms with Crippen LogP contribution in [0.3, 0.4) is 0 Å². The molecule has 0 aliphatic carbocycles. The van der Waals surface area contributed by atoms with Gasteiger partial charge >= 0.3 is 0 Å². The van der Waals surface area contributed by atoms with Crippen LogP contribution in [0.1, 0.15) is 18.2 Å².